The van der Waals surface area contributed by atoms with Crippen LogP contribution in [0.2, 0.25) is 0 Å². The Morgan fingerprint density at radius 3 is 2.79 bits per heavy atom. The maximum absolute atomic E-state index is 11.0. The fourth-order valence-electron chi connectivity index (χ4n) is 3.45. The van der Waals surface area contributed by atoms with Crippen LogP contribution in [0, 0.1) is 11.8 Å². The van der Waals surface area contributed by atoms with E-state index < -0.39 is 5.97 Å². The molecule has 4 nitrogen and oxygen atoms in total. The summed E-state index contributed by atoms with van der Waals surface area (Å²) in [7, 11) is 0. The molecule has 3 unspecified atom stereocenters. The largest absolute Gasteiger partial charge is 0.476 e. The van der Waals surface area contributed by atoms with Crippen LogP contribution >= 0.6 is 0 Å². The van der Waals surface area contributed by atoms with Crippen LogP contribution in [0.15, 0.2) is 0 Å². The number of carboxylic acid groups (broad SMARTS) is 1. The third-order valence-electron chi connectivity index (χ3n) is 4.35. The smallest absolute Gasteiger partial charge is 0.356 e. The van der Waals surface area contributed by atoms with Gasteiger partial charge in [0.2, 0.25) is 0 Å². The van der Waals surface area contributed by atoms with Crippen LogP contribution in [0.1, 0.15) is 74.1 Å². The van der Waals surface area contributed by atoms with E-state index in [0.29, 0.717) is 11.8 Å². The number of hydrogen-bond acceptors (Lipinski definition) is 2. The second kappa shape index (κ2) is 5.76. The normalized spacial score (nSPS) is 26.2. The molecule has 4 heteroatoms. The lowest BCUT2D eigenvalue weighted by Gasteiger charge is -2.03. The molecule has 1 fully saturated rings. The number of hydrogen-bond donors (Lipinski definition) is 2. The number of carbonyl (C=O) groups is 1. The molecule has 0 saturated heterocycles. The van der Waals surface area contributed by atoms with E-state index in [1.165, 1.54) is 25.7 Å². The highest BCUT2D eigenvalue weighted by Gasteiger charge is 2.57. The Morgan fingerprint density at radius 1 is 1.42 bits per heavy atom. The Hall–Kier alpha value is -1.32. The Labute approximate surface area is 114 Å². The zero-order chi connectivity index (χ0) is 14.0. The molecule has 2 aliphatic rings. The van der Waals surface area contributed by atoms with Crippen molar-refractivity contribution in [3.05, 3.63) is 17.0 Å². The number of aromatic carboxylic acids is 1. The number of nitrogens with one attached hydrogen (secondary N) is 1. The van der Waals surface area contributed by atoms with Crippen molar-refractivity contribution in [2.45, 2.75) is 58.8 Å². The molecule has 2 aliphatic carbocycles. The van der Waals surface area contributed by atoms with Crippen LogP contribution in [-0.2, 0) is 6.42 Å². The van der Waals surface area contributed by atoms with Crippen LogP contribution in [0.5, 0.6) is 0 Å². The van der Waals surface area contributed by atoms with Gasteiger partial charge in [-0.05, 0) is 24.7 Å². The Bertz CT molecular complexity index is 453. The molecular formula is C15H24N2O2. The van der Waals surface area contributed by atoms with Crippen molar-refractivity contribution >= 4 is 5.97 Å². The Kier molecular flexibility index (Phi) is 4.27. The molecule has 19 heavy (non-hydrogen) atoms. The van der Waals surface area contributed by atoms with Gasteiger partial charge in [-0.15, -0.1) is 0 Å². The van der Waals surface area contributed by atoms with Crippen molar-refractivity contribution in [1.29, 1.82) is 0 Å². The molecule has 0 bridgehead atoms. The van der Waals surface area contributed by atoms with Crippen molar-refractivity contribution in [2.24, 2.45) is 11.8 Å². The van der Waals surface area contributed by atoms with Crippen molar-refractivity contribution < 1.29 is 9.90 Å². The molecule has 106 valence electrons. The summed E-state index contributed by atoms with van der Waals surface area (Å²) in [6, 6.07) is 0. The van der Waals surface area contributed by atoms with Crippen LogP contribution < -0.4 is 0 Å². The van der Waals surface area contributed by atoms with Gasteiger partial charge in [0.25, 0.3) is 0 Å². The van der Waals surface area contributed by atoms with Gasteiger partial charge in [0.05, 0.1) is 0 Å². The second-order valence-corrected chi connectivity index (χ2v) is 5.32. The minimum atomic E-state index is -0.897. The second-order valence-electron chi connectivity index (χ2n) is 5.32. The summed E-state index contributed by atoms with van der Waals surface area (Å²) in [4.78, 5) is 11.0. The van der Waals surface area contributed by atoms with E-state index in [0.717, 1.165) is 23.6 Å². The van der Waals surface area contributed by atoms with E-state index >= 15 is 0 Å². The molecule has 1 aromatic rings. The lowest BCUT2D eigenvalue weighted by Crippen LogP contribution is -2.02. The van der Waals surface area contributed by atoms with E-state index in [2.05, 4.69) is 17.1 Å². The maximum atomic E-state index is 11.0. The average molecular weight is 264 g/mol. The summed E-state index contributed by atoms with van der Waals surface area (Å²) in [5.41, 5.74) is 2.34. The number of carboxylic acids is 1. The SMILES string of the molecule is CC.CCCCCC1C2Cc3c(C(=O)O)n[nH]c3C12. The summed E-state index contributed by atoms with van der Waals surface area (Å²) >= 11 is 0. The van der Waals surface area contributed by atoms with Gasteiger partial charge in [-0.3, -0.25) is 5.10 Å². The van der Waals surface area contributed by atoms with E-state index in [1.807, 2.05) is 13.8 Å². The molecule has 0 radical (unpaired) electrons. The first-order valence-electron chi connectivity index (χ1n) is 7.54. The fraction of sp³-hybridized carbons (Fsp3) is 0.733. The van der Waals surface area contributed by atoms with Gasteiger partial charge < -0.3 is 5.11 Å². The van der Waals surface area contributed by atoms with Gasteiger partial charge in [-0.1, -0.05) is 40.0 Å². The van der Waals surface area contributed by atoms with Gasteiger partial charge in [0.15, 0.2) is 5.69 Å². The van der Waals surface area contributed by atoms with E-state index in [1.54, 1.807) is 0 Å². The summed E-state index contributed by atoms with van der Waals surface area (Å²) in [6.45, 7) is 6.22. The molecule has 2 N–H and O–H groups in total. The molecule has 0 spiro atoms. The standard InChI is InChI=1S/C13H18N2O2.C2H6/c1-2-3-4-5-7-8-6-9-11(10(7)8)14-15-12(9)13(16)17;1-2/h7-8,10H,2-6H2,1H3,(H,14,15)(H,16,17);1-2H3. The first kappa shape index (κ1) is 14.1. The van der Waals surface area contributed by atoms with Crippen molar-refractivity contribution in [3.8, 4) is 0 Å². The molecular weight excluding hydrogens is 240 g/mol. The fourth-order valence-corrected chi connectivity index (χ4v) is 3.45. The number of aromatic amines is 1. The lowest BCUT2D eigenvalue weighted by molar-refractivity contribution is 0.0689. The summed E-state index contributed by atoms with van der Waals surface area (Å²) < 4.78 is 0. The highest BCUT2D eigenvalue weighted by atomic mass is 16.4. The Balaban J connectivity index is 0.000000637. The number of unbranched alkanes of at least 4 members (excludes halogenated alkanes) is 2. The Morgan fingerprint density at radius 2 is 2.16 bits per heavy atom. The minimum Gasteiger partial charge on any atom is -0.476 e. The maximum Gasteiger partial charge on any atom is 0.356 e. The molecule has 0 aromatic carbocycles. The van der Waals surface area contributed by atoms with Crippen LogP contribution in [0.25, 0.3) is 0 Å². The van der Waals surface area contributed by atoms with Crippen molar-refractivity contribution in [2.75, 3.05) is 0 Å². The van der Waals surface area contributed by atoms with E-state index in [4.69, 9.17) is 5.11 Å². The highest BCUT2D eigenvalue weighted by molar-refractivity contribution is 5.87. The minimum absolute atomic E-state index is 0.250. The molecule has 3 rings (SSSR count). The number of fused-ring (bicyclic) bond motifs is 3. The van der Waals surface area contributed by atoms with Gasteiger partial charge >= 0.3 is 5.97 Å². The molecule has 1 aromatic heterocycles. The van der Waals surface area contributed by atoms with Crippen LogP contribution in [-0.4, -0.2) is 21.3 Å². The number of aromatic nitrogens is 2. The summed E-state index contributed by atoms with van der Waals surface area (Å²) in [6.07, 6.45) is 6.11. The highest BCUT2D eigenvalue weighted by Crippen LogP contribution is 2.63. The van der Waals surface area contributed by atoms with Crippen molar-refractivity contribution in [3.63, 3.8) is 0 Å². The summed E-state index contributed by atoms with van der Waals surface area (Å²) in [5.74, 6) is 1.18. The van der Waals surface area contributed by atoms with Gasteiger partial charge in [-0.2, -0.15) is 5.10 Å². The van der Waals surface area contributed by atoms with Crippen LogP contribution in [0.3, 0.4) is 0 Å². The molecule has 1 saturated carbocycles. The third-order valence-corrected chi connectivity index (χ3v) is 4.35. The first-order chi connectivity index (χ1) is 9.24. The number of rotatable bonds is 5. The predicted molar refractivity (Wildman–Crippen MR) is 74.5 cm³/mol. The van der Waals surface area contributed by atoms with Crippen molar-refractivity contribution in [1.82, 2.24) is 10.2 Å². The number of H-pyrrole nitrogens is 1. The quantitative estimate of drug-likeness (QED) is 0.798. The zero-order valence-electron chi connectivity index (χ0n) is 12.1. The molecule has 3 atom stereocenters. The topological polar surface area (TPSA) is 66.0 Å². The monoisotopic (exact) mass is 264 g/mol. The number of nitrogens with zero attached hydrogens (tertiary/aromatic N) is 1. The molecule has 1 heterocycles. The van der Waals surface area contributed by atoms with Gasteiger partial charge in [0.1, 0.15) is 0 Å². The molecule has 0 amide bonds. The summed E-state index contributed by atoms with van der Waals surface area (Å²) in [5, 5.41) is 15.9. The molecule has 0 aliphatic heterocycles. The lowest BCUT2D eigenvalue weighted by atomic mass is 10.0. The van der Waals surface area contributed by atoms with Gasteiger partial charge in [0, 0.05) is 17.2 Å². The predicted octanol–water partition coefficient (Wildman–Crippen LogP) is 3.60. The first-order valence-corrected chi connectivity index (χ1v) is 7.54. The average Bonchev–Trinajstić information content (AvgIpc) is 2.77. The zero-order valence-corrected chi connectivity index (χ0v) is 12.1. The third kappa shape index (κ3) is 2.40. The van der Waals surface area contributed by atoms with E-state index in [9.17, 15) is 4.79 Å². The van der Waals surface area contributed by atoms with E-state index in [-0.39, 0.29) is 5.69 Å². The van der Waals surface area contributed by atoms with Gasteiger partial charge in [-0.25, -0.2) is 4.79 Å². The van der Waals surface area contributed by atoms with Crippen LogP contribution in [0.4, 0.5) is 0 Å².